The fourth-order valence-electron chi connectivity index (χ4n) is 2.58. The van der Waals surface area contributed by atoms with Crippen LogP contribution in [0.25, 0.3) is 0 Å². The quantitative estimate of drug-likeness (QED) is 0.501. The monoisotopic (exact) mass is 487 g/mol. The van der Waals surface area contributed by atoms with E-state index in [2.05, 4.69) is 19.8 Å². The number of rotatable bonds is 8. The molecule has 2 N–H and O–H groups in total. The van der Waals surface area contributed by atoms with E-state index in [0.717, 1.165) is 23.5 Å². The summed E-state index contributed by atoms with van der Waals surface area (Å²) >= 11 is 1.12. The Balaban J connectivity index is 1.65. The van der Waals surface area contributed by atoms with Crippen molar-refractivity contribution in [3.63, 3.8) is 0 Å². The molecule has 0 aliphatic carbocycles. The van der Waals surface area contributed by atoms with Crippen LogP contribution in [0.3, 0.4) is 0 Å². The average molecular weight is 487 g/mol. The molecule has 2 aromatic carbocycles. The number of ether oxygens (including phenoxy) is 2. The molecule has 8 nitrogen and oxygen atoms in total. The third-order valence-corrected chi connectivity index (χ3v) is 6.18. The summed E-state index contributed by atoms with van der Waals surface area (Å²) in [6, 6.07) is 8.72. The highest BCUT2D eigenvalue weighted by atomic mass is 32.2. The zero-order valence-corrected chi connectivity index (χ0v) is 18.0. The number of hydrogen-bond donors (Lipinski definition) is 2. The minimum absolute atomic E-state index is 0.0417. The van der Waals surface area contributed by atoms with Gasteiger partial charge in [0.1, 0.15) is 11.5 Å². The molecule has 0 saturated carbocycles. The van der Waals surface area contributed by atoms with Gasteiger partial charge in [0.25, 0.3) is 15.9 Å². The van der Waals surface area contributed by atoms with Crippen LogP contribution in [0.15, 0.2) is 58.9 Å². The third-order valence-electron chi connectivity index (χ3n) is 4.01. The lowest BCUT2D eigenvalue weighted by molar-refractivity contribution is -0.274. The average Bonchev–Trinajstić information content (AvgIpc) is 3.23. The molecule has 1 amide bonds. The van der Waals surface area contributed by atoms with Gasteiger partial charge in [-0.2, -0.15) is 0 Å². The van der Waals surface area contributed by atoms with E-state index in [9.17, 15) is 26.4 Å². The summed E-state index contributed by atoms with van der Waals surface area (Å²) in [7, 11) is -2.57. The van der Waals surface area contributed by atoms with Gasteiger partial charge in [0, 0.05) is 35.3 Å². The summed E-state index contributed by atoms with van der Waals surface area (Å²) in [5, 5.41) is 4.43. The Labute approximate surface area is 185 Å². The summed E-state index contributed by atoms with van der Waals surface area (Å²) in [6.45, 7) is -0.0417. The molecule has 0 aliphatic heterocycles. The van der Waals surface area contributed by atoms with Crippen molar-refractivity contribution in [3.8, 4) is 11.5 Å². The predicted molar refractivity (Wildman–Crippen MR) is 110 cm³/mol. The van der Waals surface area contributed by atoms with Crippen molar-refractivity contribution in [3.05, 3.63) is 65.2 Å². The van der Waals surface area contributed by atoms with Crippen molar-refractivity contribution in [1.82, 2.24) is 10.3 Å². The molecule has 0 radical (unpaired) electrons. The van der Waals surface area contributed by atoms with Crippen molar-refractivity contribution in [2.75, 3.05) is 11.8 Å². The van der Waals surface area contributed by atoms with Gasteiger partial charge in [-0.25, -0.2) is 13.4 Å². The maximum Gasteiger partial charge on any atom is 0.573 e. The second kappa shape index (κ2) is 9.44. The molecule has 3 rings (SSSR count). The van der Waals surface area contributed by atoms with Gasteiger partial charge < -0.3 is 14.8 Å². The van der Waals surface area contributed by atoms with Gasteiger partial charge in [0.05, 0.1) is 12.0 Å². The number of thiazole rings is 1. The van der Waals surface area contributed by atoms with Gasteiger partial charge in [0.15, 0.2) is 5.13 Å². The van der Waals surface area contributed by atoms with Crippen LogP contribution < -0.4 is 19.5 Å². The Hall–Kier alpha value is -3.32. The standard InChI is InChI=1S/C19H16F3N3O5S2/c1-29-16-10-14(30-19(20,21)22)5-2-13(16)11-24-17(26)12-3-6-15(7-4-12)32(27,28)25-18-23-8-9-31-18/h2-10H,11H2,1H3,(H,23,25)(H,24,26). The van der Waals surface area contributed by atoms with Crippen molar-refractivity contribution in [2.45, 2.75) is 17.8 Å². The number of aromatic nitrogens is 1. The second-order valence-corrected chi connectivity index (χ2v) is 8.75. The Morgan fingerprint density at radius 3 is 2.47 bits per heavy atom. The lowest BCUT2D eigenvalue weighted by Gasteiger charge is -2.13. The Morgan fingerprint density at radius 2 is 1.88 bits per heavy atom. The van der Waals surface area contributed by atoms with Crippen LogP contribution in [0, 0.1) is 0 Å². The van der Waals surface area contributed by atoms with E-state index < -0.39 is 28.0 Å². The van der Waals surface area contributed by atoms with Gasteiger partial charge in [-0.05, 0) is 36.4 Å². The summed E-state index contributed by atoms with van der Waals surface area (Å²) in [5.74, 6) is -0.867. The number of nitrogens with zero attached hydrogens (tertiary/aromatic N) is 1. The molecule has 0 bridgehead atoms. The third kappa shape index (κ3) is 6.11. The summed E-state index contributed by atoms with van der Waals surface area (Å²) in [5.41, 5.74) is 0.608. The first-order valence-electron chi connectivity index (χ1n) is 8.80. The van der Waals surface area contributed by atoms with Crippen LogP contribution in [-0.2, 0) is 16.6 Å². The second-order valence-electron chi connectivity index (χ2n) is 6.17. The Bertz CT molecular complexity index is 1180. The van der Waals surface area contributed by atoms with Crippen LogP contribution in [0.1, 0.15) is 15.9 Å². The fraction of sp³-hybridized carbons (Fsp3) is 0.158. The molecule has 1 heterocycles. The van der Waals surface area contributed by atoms with E-state index >= 15 is 0 Å². The molecule has 0 fully saturated rings. The number of sulfonamides is 1. The van der Waals surface area contributed by atoms with Crippen molar-refractivity contribution >= 4 is 32.4 Å². The van der Waals surface area contributed by atoms with Crippen LogP contribution in [0.5, 0.6) is 11.5 Å². The van der Waals surface area contributed by atoms with Crippen LogP contribution in [-0.4, -0.2) is 32.8 Å². The van der Waals surface area contributed by atoms with E-state index in [-0.39, 0.29) is 27.9 Å². The zero-order chi connectivity index (χ0) is 23.4. The molecule has 13 heteroatoms. The molecule has 0 aliphatic rings. The topological polar surface area (TPSA) is 107 Å². The number of hydrogen-bond acceptors (Lipinski definition) is 7. The van der Waals surface area contributed by atoms with E-state index in [4.69, 9.17) is 4.74 Å². The minimum Gasteiger partial charge on any atom is -0.496 e. The predicted octanol–water partition coefficient (Wildman–Crippen LogP) is 3.78. The van der Waals surface area contributed by atoms with Gasteiger partial charge in [0.2, 0.25) is 0 Å². The van der Waals surface area contributed by atoms with Crippen LogP contribution >= 0.6 is 11.3 Å². The molecule has 0 unspecified atom stereocenters. The van der Waals surface area contributed by atoms with Gasteiger partial charge >= 0.3 is 6.36 Å². The molecule has 0 saturated heterocycles. The first kappa shape index (κ1) is 23.3. The maximum atomic E-state index is 12.4. The zero-order valence-electron chi connectivity index (χ0n) is 16.3. The summed E-state index contributed by atoms with van der Waals surface area (Å²) in [4.78, 5) is 16.2. The van der Waals surface area contributed by atoms with Crippen LogP contribution in [0.2, 0.25) is 0 Å². The summed E-state index contributed by atoms with van der Waals surface area (Å²) in [6.07, 6.45) is -3.38. The van der Waals surface area contributed by atoms with E-state index in [1.54, 1.807) is 5.38 Å². The molecule has 32 heavy (non-hydrogen) atoms. The number of methoxy groups -OCH3 is 1. The normalized spacial score (nSPS) is 11.6. The number of benzene rings is 2. The first-order valence-corrected chi connectivity index (χ1v) is 11.2. The molecule has 3 aromatic rings. The Kier molecular flexibility index (Phi) is 6.89. The van der Waals surface area contributed by atoms with Crippen molar-refractivity contribution < 1.29 is 35.9 Å². The van der Waals surface area contributed by atoms with Gasteiger partial charge in [-0.1, -0.05) is 0 Å². The number of amides is 1. The van der Waals surface area contributed by atoms with Crippen molar-refractivity contribution in [1.29, 1.82) is 0 Å². The highest BCUT2D eigenvalue weighted by molar-refractivity contribution is 7.93. The number of nitrogens with one attached hydrogen (secondary N) is 2. The van der Waals surface area contributed by atoms with Crippen molar-refractivity contribution in [2.24, 2.45) is 0 Å². The number of anilines is 1. The molecular formula is C19H16F3N3O5S2. The SMILES string of the molecule is COc1cc(OC(F)(F)F)ccc1CNC(=O)c1ccc(S(=O)(=O)Nc2nccs2)cc1. The van der Waals surface area contributed by atoms with E-state index in [1.165, 1.54) is 43.6 Å². The number of halogens is 3. The molecular weight excluding hydrogens is 471 g/mol. The van der Waals surface area contributed by atoms with E-state index in [1.807, 2.05) is 0 Å². The minimum atomic E-state index is -4.84. The van der Waals surface area contributed by atoms with Gasteiger partial charge in [-0.15, -0.1) is 24.5 Å². The molecule has 0 atom stereocenters. The Morgan fingerprint density at radius 1 is 1.16 bits per heavy atom. The lowest BCUT2D eigenvalue weighted by Crippen LogP contribution is -2.23. The van der Waals surface area contributed by atoms with Crippen LogP contribution in [0.4, 0.5) is 18.3 Å². The fourth-order valence-corrected chi connectivity index (χ4v) is 4.37. The molecule has 1 aromatic heterocycles. The maximum absolute atomic E-state index is 12.4. The smallest absolute Gasteiger partial charge is 0.496 e. The first-order chi connectivity index (χ1) is 15.1. The van der Waals surface area contributed by atoms with E-state index in [0.29, 0.717) is 5.56 Å². The highest BCUT2D eigenvalue weighted by Gasteiger charge is 2.31. The largest absolute Gasteiger partial charge is 0.573 e. The molecule has 170 valence electrons. The van der Waals surface area contributed by atoms with Gasteiger partial charge in [-0.3, -0.25) is 9.52 Å². The molecule has 0 spiro atoms. The lowest BCUT2D eigenvalue weighted by atomic mass is 10.1. The number of carbonyl (C=O) groups excluding carboxylic acids is 1. The summed E-state index contributed by atoms with van der Waals surface area (Å²) < 4.78 is 73.0. The number of alkyl halides is 3. The number of carbonyl (C=O) groups is 1. The highest BCUT2D eigenvalue weighted by Crippen LogP contribution is 2.29.